The summed E-state index contributed by atoms with van der Waals surface area (Å²) in [6, 6.07) is 3.57. The lowest BCUT2D eigenvalue weighted by atomic mass is 10.1. The Morgan fingerprint density at radius 2 is 1.89 bits per heavy atom. The molecule has 1 rings (SSSR count). The van der Waals surface area contributed by atoms with Crippen LogP contribution in [0, 0.1) is 7.14 Å². The van der Waals surface area contributed by atoms with Crippen LogP contribution in [-0.2, 0) is 4.79 Å². The molecule has 0 unspecified atom stereocenters. The lowest BCUT2D eigenvalue weighted by Crippen LogP contribution is -2.00. The number of benzene rings is 1. The van der Waals surface area contributed by atoms with Crippen molar-refractivity contribution < 1.29 is 15.0 Å². The first-order valence-electron chi connectivity index (χ1n) is 5.57. The van der Waals surface area contributed by atoms with Crippen molar-refractivity contribution in [2.24, 2.45) is 0 Å². The molecule has 0 aliphatic heterocycles. The van der Waals surface area contributed by atoms with Crippen molar-refractivity contribution in [2.45, 2.75) is 26.2 Å². The maximum atomic E-state index is 11.1. The van der Waals surface area contributed by atoms with E-state index < -0.39 is 5.97 Å². The quantitative estimate of drug-likeness (QED) is 0.498. The number of aromatic hydroxyl groups is 1. The van der Waals surface area contributed by atoms with Gasteiger partial charge >= 0.3 is 5.97 Å². The van der Waals surface area contributed by atoms with E-state index in [1.165, 1.54) is 0 Å². The number of phenols is 1. The van der Waals surface area contributed by atoms with Crippen LogP contribution in [0.2, 0.25) is 0 Å². The number of unbranched alkanes of at least 4 members (excludes halogenated alkanes) is 1. The topological polar surface area (TPSA) is 57.5 Å². The maximum Gasteiger partial charge on any atom is 0.331 e. The highest BCUT2D eigenvalue weighted by Crippen LogP contribution is 2.28. The Morgan fingerprint density at radius 1 is 1.33 bits per heavy atom. The second-order valence-corrected chi connectivity index (χ2v) is 6.24. The zero-order valence-corrected chi connectivity index (χ0v) is 14.2. The van der Waals surface area contributed by atoms with E-state index in [4.69, 9.17) is 5.11 Å². The lowest BCUT2D eigenvalue weighted by molar-refractivity contribution is -0.132. The van der Waals surface area contributed by atoms with Crippen LogP contribution in [0.4, 0.5) is 0 Å². The number of hydrogen-bond donors (Lipinski definition) is 2. The summed E-state index contributed by atoms with van der Waals surface area (Å²) >= 11 is 4.07. The molecule has 98 valence electrons. The fraction of sp³-hybridized carbons (Fsp3) is 0.308. The summed E-state index contributed by atoms with van der Waals surface area (Å²) in [7, 11) is 0. The third-order valence-corrected chi connectivity index (χ3v) is 4.10. The maximum absolute atomic E-state index is 11.1. The first-order valence-corrected chi connectivity index (χ1v) is 7.73. The largest absolute Gasteiger partial charge is 0.506 e. The number of phenolic OH excluding ortho intramolecular Hbond substituents is 1. The van der Waals surface area contributed by atoms with Gasteiger partial charge in [-0.1, -0.05) is 13.3 Å². The van der Waals surface area contributed by atoms with Gasteiger partial charge in [0.15, 0.2) is 0 Å². The smallest absolute Gasteiger partial charge is 0.331 e. The summed E-state index contributed by atoms with van der Waals surface area (Å²) in [6.07, 6.45) is 4.08. The van der Waals surface area contributed by atoms with Crippen LogP contribution in [0.3, 0.4) is 0 Å². The van der Waals surface area contributed by atoms with E-state index in [1.807, 2.05) is 52.1 Å². The molecule has 0 radical (unpaired) electrons. The molecule has 0 aliphatic rings. The van der Waals surface area contributed by atoms with Gasteiger partial charge in [0.2, 0.25) is 0 Å². The average Bonchev–Trinajstić information content (AvgIpc) is 2.30. The molecular weight excluding hydrogens is 458 g/mol. The molecule has 1 aromatic carbocycles. The molecule has 18 heavy (non-hydrogen) atoms. The highest BCUT2D eigenvalue weighted by atomic mass is 127. The van der Waals surface area contributed by atoms with Gasteiger partial charge in [0.1, 0.15) is 5.75 Å². The SMILES string of the molecule is CCCC/C(=C\c1cc(I)c(O)c(I)c1)C(=O)O. The monoisotopic (exact) mass is 472 g/mol. The van der Waals surface area contributed by atoms with Crippen molar-refractivity contribution >= 4 is 57.2 Å². The molecule has 0 aromatic heterocycles. The average molecular weight is 472 g/mol. The third kappa shape index (κ3) is 4.42. The van der Waals surface area contributed by atoms with E-state index in [1.54, 1.807) is 18.2 Å². The molecule has 0 atom stereocenters. The number of carboxylic acid groups (broad SMARTS) is 1. The molecule has 0 bridgehead atoms. The van der Waals surface area contributed by atoms with E-state index in [-0.39, 0.29) is 5.75 Å². The summed E-state index contributed by atoms with van der Waals surface area (Å²) in [5.74, 6) is -0.625. The van der Waals surface area contributed by atoms with Crippen molar-refractivity contribution in [3.05, 3.63) is 30.4 Å². The number of carboxylic acids is 1. The summed E-state index contributed by atoms with van der Waals surface area (Å²) in [4.78, 5) is 11.1. The number of rotatable bonds is 5. The van der Waals surface area contributed by atoms with Gasteiger partial charge in [0.25, 0.3) is 0 Å². The van der Waals surface area contributed by atoms with Crippen LogP contribution in [-0.4, -0.2) is 16.2 Å². The van der Waals surface area contributed by atoms with Crippen LogP contribution >= 0.6 is 45.2 Å². The van der Waals surface area contributed by atoms with E-state index in [2.05, 4.69) is 0 Å². The van der Waals surface area contributed by atoms with Crippen LogP contribution in [0.25, 0.3) is 6.08 Å². The van der Waals surface area contributed by atoms with Gasteiger partial charge < -0.3 is 10.2 Å². The van der Waals surface area contributed by atoms with Crippen molar-refractivity contribution in [1.82, 2.24) is 0 Å². The zero-order valence-electron chi connectivity index (χ0n) is 9.91. The number of aliphatic carboxylic acids is 1. The van der Waals surface area contributed by atoms with Crippen molar-refractivity contribution in [3.63, 3.8) is 0 Å². The second-order valence-electron chi connectivity index (χ2n) is 3.91. The Labute approximate surface area is 134 Å². The molecule has 0 saturated carbocycles. The van der Waals surface area contributed by atoms with Gasteiger partial charge in [-0.2, -0.15) is 0 Å². The number of hydrogen-bond acceptors (Lipinski definition) is 2. The molecule has 5 heteroatoms. The van der Waals surface area contributed by atoms with Crippen LogP contribution in [0.5, 0.6) is 5.75 Å². The van der Waals surface area contributed by atoms with Gasteiger partial charge in [0.05, 0.1) is 7.14 Å². The molecular formula is C13H14I2O3. The fourth-order valence-corrected chi connectivity index (χ4v) is 3.29. The number of halogens is 2. The first kappa shape index (κ1) is 15.7. The van der Waals surface area contributed by atoms with Crippen molar-refractivity contribution in [3.8, 4) is 5.75 Å². The number of carbonyl (C=O) groups is 1. The lowest BCUT2D eigenvalue weighted by Gasteiger charge is -2.05. The highest BCUT2D eigenvalue weighted by molar-refractivity contribution is 14.1. The zero-order chi connectivity index (χ0) is 13.7. The van der Waals surface area contributed by atoms with Crippen LogP contribution in [0.1, 0.15) is 31.7 Å². The molecule has 0 spiro atoms. The molecule has 0 heterocycles. The van der Waals surface area contributed by atoms with Crippen LogP contribution < -0.4 is 0 Å². The summed E-state index contributed by atoms with van der Waals surface area (Å²) < 4.78 is 1.46. The standard InChI is InChI=1S/C13H14I2O3/c1-2-3-4-9(13(17)18)5-8-6-10(14)12(16)11(15)7-8/h5-7,16H,2-4H2,1H3,(H,17,18)/b9-5+. The fourth-order valence-electron chi connectivity index (χ4n) is 1.48. The Hall–Kier alpha value is -0.310. The predicted octanol–water partition coefficient (Wildman–Crippen LogP) is 4.26. The normalized spacial score (nSPS) is 11.6. The molecule has 1 aromatic rings. The van der Waals surface area contributed by atoms with E-state index >= 15 is 0 Å². The molecule has 0 aliphatic carbocycles. The predicted molar refractivity (Wildman–Crippen MR) is 88.7 cm³/mol. The first-order chi connectivity index (χ1) is 8.45. The Kier molecular flexibility index (Phi) is 6.40. The summed E-state index contributed by atoms with van der Waals surface area (Å²) in [5, 5.41) is 18.8. The molecule has 0 fully saturated rings. The van der Waals surface area contributed by atoms with Gasteiger partial charge in [-0.3, -0.25) is 0 Å². The van der Waals surface area contributed by atoms with Crippen molar-refractivity contribution in [2.75, 3.05) is 0 Å². The Morgan fingerprint density at radius 3 is 2.33 bits per heavy atom. The van der Waals surface area contributed by atoms with E-state index in [9.17, 15) is 9.90 Å². The minimum atomic E-state index is -0.874. The Bertz CT molecular complexity index is 458. The minimum Gasteiger partial charge on any atom is -0.506 e. The van der Waals surface area contributed by atoms with Crippen LogP contribution in [0.15, 0.2) is 17.7 Å². The van der Waals surface area contributed by atoms with Crippen molar-refractivity contribution in [1.29, 1.82) is 0 Å². The van der Waals surface area contributed by atoms with Gasteiger partial charge in [-0.05, 0) is 81.8 Å². The Balaban J connectivity index is 3.08. The van der Waals surface area contributed by atoms with E-state index in [0.717, 1.165) is 25.5 Å². The highest BCUT2D eigenvalue weighted by Gasteiger charge is 2.09. The molecule has 3 nitrogen and oxygen atoms in total. The summed E-state index contributed by atoms with van der Waals surface area (Å²) in [5.41, 5.74) is 1.23. The van der Waals surface area contributed by atoms with E-state index in [0.29, 0.717) is 12.0 Å². The molecule has 2 N–H and O–H groups in total. The summed E-state index contributed by atoms with van der Waals surface area (Å²) in [6.45, 7) is 2.03. The van der Waals surface area contributed by atoms with Gasteiger partial charge in [-0.15, -0.1) is 0 Å². The van der Waals surface area contributed by atoms with Gasteiger partial charge in [-0.25, -0.2) is 4.79 Å². The molecule has 0 saturated heterocycles. The van der Waals surface area contributed by atoms with Gasteiger partial charge in [0, 0.05) is 5.57 Å². The second kappa shape index (κ2) is 7.32. The minimum absolute atomic E-state index is 0.249. The molecule has 0 amide bonds. The third-order valence-electron chi connectivity index (χ3n) is 2.45.